The first-order valence-corrected chi connectivity index (χ1v) is 5.16. The zero-order valence-corrected chi connectivity index (χ0v) is 9.03. The van der Waals surface area contributed by atoms with E-state index in [0.717, 1.165) is 5.56 Å². The summed E-state index contributed by atoms with van der Waals surface area (Å²) in [6.45, 7) is 0.441. The fourth-order valence-electron chi connectivity index (χ4n) is 1.36. The maximum absolute atomic E-state index is 12.6. The Hall–Kier alpha value is -2.30. The molecule has 0 spiro atoms. The van der Waals surface area contributed by atoms with Crippen LogP contribution in [0.15, 0.2) is 42.7 Å². The molecule has 0 radical (unpaired) electrons. The van der Waals surface area contributed by atoms with Gasteiger partial charge >= 0.3 is 6.03 Å². The van der Waals surface area contributed by atoms with Gasteiger partial charge in [0.25, 0.3) is 0 Å². The maximum atomic E-state index is 12.6. The van der Waals surface area contributed by atoms with Crippen molar-refractivity contribution >= 4 is 11.7 Å². The number of carbonyl (C=O) groups is 1. The predicted octanol–water partition coefficient (Wildman–Crippen LogP) is 2.48. The predicted molar refractivity (Wildman–Crippen MR) is 63.1 cm³/mol. The number of H-pyrrole nitrogens is 1. The van der Waals surface area contributed by atoms with Crippen molar-refractivity contribution < 1.29 is 9.18 Å². The summed E-state index contributed by atoms with van der Waals surface area (Å²) in [5, 5.41) is 5.29. The molecule has 0 bridgehead atoms. The number of carbonyl (C=O) groups excluding carboxylic acids is 1. The molecule has 4 nitrogen and oxygen atoms in total. The normalized spacial score (nSPS) is 9.94. The van der Waals surface area contributed by atoms with Crippen molar-refractivity contribution in [3.05, 3.63) is 54.1 Å². The molecule has 0 unspecified atom stereocenters. The molecule has 2 rings (SSSR count). The van der Waals surface area contributed by atoms with Crippen LogP contribution in [0.2, 0.25) is 0 Å². The van der Waals surface area contributed by atoms with Gasteiger partial charge in [0.15, 0.2) is 0 Å². The lowest BCUT2D eigenvalue weighted by Gasteiger charge is -2.06. The van der Waals surface area contributed by atoms with Crippen LogP contribution >= 0.6 is 0 Å². The average molecular weight is 233 g/mol. The van der Waals surface area contributed by atoms with E-state index in [4.69, 9.17) is 0 Å². The Labute approximate surface area is 97.9 Å². The van der Waals surface area contributed by atoms with E-state index in [9.17, 15) is 9.18 Å². The van der Waals surface area contributed by atoms with Crippen molar-refractivity contribution in [2.75, 3.05) is 5.32 Å². The number of hydrogen-bond acceptors (Lipinski definition) is 1. The van der Waals surface area contributed by atoms with E-state index in [0.29, 0.717) is 12.2 Å². The van der Waals surface area contributed by atoms with Gasteiger partial charge in [0.05, 0.1) is 0 Å². The lowest BCUT2D eigenvalue weighted by molar-refractivity contribution is 0.251. The third kappa shape index (κ3) is 3.34. The van der Waals surface area contributed by atoms with Crippen molar-refractivity contribution in [1.29, 1.82) is 0 Å². The molecule has 0 aliphatic carbocycles. The standard InChI is InChI=1S/C12H12FN3O/c13-10-1-3-11(4-2-10)16-12(17)15-8-9-5-6-14-7-9/h1-7,14H,8H2,(H2,15,16,17). The highest BCUT2D eigenvalue weighted by Gasteiger charge is 2.01. The van der Waals surface area contributed by atoms with Crippen molar-refractivity contribution in [1.82, 2.24) is 10.3 Å². The van der Waals surface area contributed by atoms with Crippen LogP contribution in [0.25, 0.3) is 0 Å². The minimum absolute atomic E-state index is 0.321. The Morgan fingerprint density at radius 2 is 2.00 bits per heavy atom. The quantitative estimate of drug-likeness (QED) is 0.749. The summed E-state index contributed by atoms with van der Waals surface area (Å²) in [6.07, 6.45) is 3.59. The summed E-state index contributed by atoms with van der Waals surface area (Å²) in [5.41, 5.74) is 1.54. The van der Waals surface area contributed by atoms with E-state index in [1.807, 2.05) is 6.07 Å². The highest BCUT2D eigenvalue weighted by molar-refractivity contribution is 5.89. The third-order valence-electron chi connectivity index (χ3n) is 2.22. The third-order valence-corrected chi connectivity index (χ3v) is 2.22. The fraction of sp³-hybridized carbons (Fsp3) is 0.0833. The van der Waals surface area contributed by atoms with Crippen molar-refractivity contribution in [3.8, 4) is 0 Å². The van der Waals surface area contributed by atoms with E-state index in [1.54, 1.807) is 12.4 Å². The highest BCUT2D eigenvalue weighted by Crippen LogP contribution is 2.07. The average Bonchev–Trinajstić information content (AvgIpc) is 2.83. The minimum Gasteiger partial charge on any atom is -0.367 e. The second kappa shape index (κ2) is 5.16. The molecule has 0 saturated carbocycles. The van der Waals surface area contributed by atoms with E-state index in [-0.39, 0.29) is 11.8 Å². The van der Waals surface area contributed by atoms with Gasteiger partial charge in [-0.15, -0.1) is 0 Å². The van der Waals surface area contributed by atoms with E-state index < -0.39 is 0 Å². The number of hydrogen-bond donors (Lipinski definition) is 3. The van der Waals surface area contributed by atoms with Gasteiger partial charge in [-0.05, 0) is 35.9 Å². The second-order valence-electron chi connectivity index (χ2n) is 3.53. The molecule has 1 aromatic carbocycles. The van der Waals surface area contributed by atoms with Gasteiger partial charge in [0.1, 0.15) is 5.82 Å². The molecule has 1 heterocycles. The van der Waals surface area contributed by atoms with Crippen LogP contribution in [0.4, 0.5) is 14.9 Å². The van der Waals surface area contributed by atoms with Gasteiger partial charge in [-0.1, -0.05) is 0 Å². The number of benzene rings is 1. The fourth-order valence-corrected chi connectivity index (χ4v) is 1.36. The summed E-state index contributed by atoms with van der Waals surface area (Å²) < 4.78 is 12.6. The lowest BCUT2D eigenvalue weighted by atomic mass is 10.3. The van der Waals surface area contributed by atoms with Gasteiger partial charge in [0.2, 0.25) is 0 Å². The van der Waals surface area contributed by atoms with E-state index in [1.165, 1.54) is 24.3 Å². The van der Waals surface area contributed by atoms with Crippen molar-refractivity contribution in [3.63, 3.8) is 0 Å². The largest absolute Gasteiger partial charge is 0.367 e. The SMILES string of the molecule is O=C(NCc1cc[nH]c1)Nc1ccc(F)cc1. The van der Waals surface area contributed by atoms with E-state index in [2.05, 4.69) is 15.6 Å². The summed E-state index contributed by atoms with van der Waals surface area (Å²) in [5.74, 6) is -0.330. The summed E-state index contributed by atoms with van der Waals surface area (Å²) in [6, 6.07) is 7.15. The Bertz CT molecular complexity index is 479. The number of rotatable bonds is 3. The molecule has 0 atom stereocenters. The number of anilines is 1. The Balaban J connectivity index is 1.83. The molecule has 1 aromatic heterocycles. The van der Waals surface area contributed by atoms with E-state index >= 15 is 0 Å². The van der Waals surface area contributed by atoms with Crippen LogP contribution in [-0.4, -0.2) is 11.0 Å². The van der Waals surface area contributed by atoms with Gasteiger partial charge in [-0.2, -0.15) is 0 Å². The van der Waals surface area contributed by atoms with Crippen LogP contribution in [0, 0.1) is 5.82 Å². The van der Waals surface area contributed by atoms with Gasteiger partial charge in [-0.25, -0.2) is 9.18 Å². The highest BCUT2D eigenvalue weighted by atomic mass is 19.1. The number of aromatic nitrogens is 1. The molecule has 17 heavy (non-hydrogen) atoms. The Kier molecular flexibility index (Phi) is 3.40. The Morgan fingerprint density at radius 1 is 1.24 bits per heavy atom. The molecular weight excluding hydrogens is 221 g/mol. The molecule has 0 fully saturated rings. The molecule has 3 N–H and O–H groups in total. The van der Waals surface area contributed by atoms with Crippen LogP contribution in [0.5, 0.6) is 0 Å². The molecule has 0 saturated heterocycles. The van der Waals surface area contributed by atoms with Crippen LogP contribution in [0.1, 0.15) is 5.56 Å². The smallest absolute Gasteiger partial charge is 0.319 e. The first kappa shape index (κ1) is 11.2. The summed E-state index contributed by atoms with van der Waals surface area (Å²) in [4.78, 5) is 14.4. The maximum Gasteiger partial charge on any atom is 0.319 e. The molecule has 88 valence electrons. The molecule has 0 aliphatic rings. The van der Waals surface area contributed by atoms with Crippen molar-refractivity contribution in [2.24, 2.45) is 0 Å². The number of aromatic amines is 1. The number of amides is 2. The molecule has 2 aromatic rings. The summed E-state index contributed by atoms with van der Waals surface area (Å²) >= 11 is 0. The van der Waals surface area contributed by atoms with Gasteiger partial charge in [0, 0.05) is 24.6 Å². The lowest BCUT2D eigenvalue weighted by Crippen LogP contribution is -2.27. The van der Waals surface area contributed by atoms with Crippen LogP contribution < -0.4 is 10.6 Å². The summed E-state index contributed by atoms with van der Waals surface area (Å²) in [7, 11) is 0. The van der Waals surface area contributed by atoms with Crippen molar-refractivity contribution in [2.45, 2.75) is 6.54 Å². The van der Waals surface area contributed by atoms with Gasteiger partial charge < -0.3 is 15.6 Å². The zero-order valence-electron chi connectivity index (χ0n) is 9.03. The number of halogens is 1. The molecule has 2 amide bonds. The second-order valence-corrected chi connectivity index (χ2v) is 3.53. The van der Waals surface area contributed by atoms with Crippen LogP contribution in [-0.2, 0) is 6.54 Å². The molecular formula is C12H12FN3O. The topological polar surface area (TPSA) is 56.9 Å². The minimum atomic E-state index is -0.330. The number of nitrogens with one attached hydrogen (secondary N) is 3. The molecule has 5 heteroatoms. The monoisotopic (exact) mass is 233 g/mol. The first-order valence-electron chi connectivity index (χ1n) is 5.16. The zero-order chi connectivity index (χ0) is 12.1. The van der Waals surface area contributed by atoms with Gasteiger partial charge in [-0.3, -0.25) is 0 Å². The Morgan fingerprint density at radius 3 is 2.65 bits per heavy atom. The number of urea groups is 1. The molecule has 0 aliphatic heterocycles. The van der Waals surface area contributed by atoms with Crippen LogP contribution in [0.3, 0.4) is 0 Å². The first-order chi connectivity index (χ1) is 8.24.